The monoisotopic (exact) mass is 792 g/mol. The molecule has 0 spiro atoms. The molecule has 0 bridgehead atoms. The van der Waals surface area contributed by atoms with Crippen molar-refractivity contribution in [3.05, 3.63) is 143 Å². The molecular formula is C43H44N4O9S. The van der Waals surface area contributed by atoms with Gasteiger partial charge in [-0.05, 0) is 35.4 Å². The second-order valence-electron chi connectivity index (χ2n) is 13.2. The van der Waals surface area contributed by atoms with Gasteiger partial charge in [-0.3, -0.25) is 24.0 Å². The average molecular weight is 793 g/mol. The van der Waals surface area contributed by atoms with E-state index in [1.54, 1.807) is 78.9 Å². The third-order valence-corrected chi connectivity index (χ3v) is 10.5. The number of carbonyl (C=O) groups excluding carboxylic acids is 5. The molecule has 13 nitrogen and oxygen atoms in total. The van der Waals surface area contributed by atoms with Gasteiger partial charge in [0.05, 0.1) is 16.6 Å². The van der Waals surface area contributed by atoms with E-state index in [1.165, 1.54) is 18.7 Å². The summed E-state index contributed by atoms with van der Waals surface area (Å²) in [5, 5.41) is 13.0. The zero-order valence-electron chi connectivity index (χ0n) is 32.2. The number of rotatable bonds is 16. The lowest BCUT2D eigenvalue weighted by atomic mass is 9.76. The van der Waals surface area contributed by atoms with Crippen LogP contribution in [0.1, 0.15) is 38.8 Å². The van der Waals surface area contributed by atoms with Gasteiger partial charge in [0, 0.05) is 47.0 Å². The standard InChI is InChI=1S/C43H44N4O9S/c1-28(48)53-27-36(54-29(2)49)39(55-30(3)50)40(56-31(4)51)37-38(46-45-35-24-16-9-17-25-35)41(47(5)26-32-18-10-6-11-19-32)57-43(37,33-20-12-7-13-21-33)42(52)44-34-22-14-8-15-23-34/h6-25,36-37,39-40H,26-27H2,1-5H3,(H,44,52)/t36-,37-,39+,40+,43+/m1/s1. The maximum Gasteiger partial charge on any atom is 0.303 e. The Labute approximate surface area is 335 Å². The summed E-state index contributed by atoms with van der Waals surface area (Å²) in [6.45, 7) is 4.38. The summed E-state index contributed by atoms with van der Waals surface area (Å²) in [6.07, 6.45) is -4.77. The Morgan fingerprint density at radius 1 is 0.702 bits per heavy atom. The maximum atomic E-state index is 15.4. The van der Waals surface area contributed by atoms with Crippen LogP contribution in [0.2, 0.25) is 0 Å². The van der Waals surface area contributed by atoms with E-state index in [-0.39, 0.29) is 5.70 Å². The number of hydrogen-bond donors (Lipinski definition) is 1. The number of thioether (sulfide) groups is 1. The molecular weight excluding hydrogens is 749 g/mol. The van der Waals surface area contributed by atoms with Crippen LogP contribution in [0, 0.1) is 5.92 Å². The maximum absolute atomic E-state index is 15.4. The fourth-order valence-electron chi connectivity index (χ4n) is 6.55. The zero-order chi connectivity index (χ0) is 41.0. The second kappa shape index (κ2) is 19.5. The largest absolute Gasteiger partial charge is 0.462 e. The number of carbonyl (C=O) groups is 5. The van der Waals surface area contributed by atoms with E-state index >= 15 is 4.79 Å². The lowest BCUT2D eigenvalue weighted by molar-refractivity contribution is -0.193. The van der Waals surface area contributed by atoms with Gasteiger partial charge in [-0.1, -0.05) is 109 Å². The van der Waals surface area contributed by atoms with Gasteiger partial charge in [0.2, 0.25) is 5.91 Å². The van der Waals surface area contributed by atoms with Crippen LogP contribution in [-0.4, -0.2) is 66.7 Å². The zero-order valence-corrected chi connectivity index (χ0v) is 33.0. The number of ether oxygens (including phenoxy) is 4. The highest BCUT2D eigenvalue weighted by molar-refractivity contribution is 8.04. The highest BCUT2D eigenvalue weighted by atomic mass is 32.2. The van der Waals surface area contributed by atoms with Crippen molar-refractivity contribution < 1.29 is 42.9 Å². The van der Waals surface area contributed by atoms with Crippen LogP contribution in [-0.2, 0) is 54.2 Å². The predicted octanol–water partition coefficient (Wildman–Crippen LogP) is 7.33. The normalized spacial score (nSPS) is 17.9. The minimum absolute atomic E-state index is 0.201. The van der Waals surface area contributed by atoms with E-state index in [0.29, 0.717) is 28.5 Å². The molecule has 0 aromatic heterocycles. The van der Waals surface area contributed by atoms with Gasteiger partial charge < -0.3 is 29.2 Å². The van der Waals surface area contributed by atoms with Crippen LogP contribution in [0.4, 0.5) is 11.4 Å². The molecule has 0 fully saturated rings. The Morgan fingerprint density at radius 3 is 1.81 bits per heavy atom. The van der Waals surface area contributed by atoms with Crippen molar-refractivity contribution in [2.24, 2.45) is 16.1 Å². The number of anilines is 1. The molecule has 0 aliphatic carbocycles. The Hall–Kier alpha value is -6.28. The summed E-state index contributed by atoms with van der Waals surface area (Å²) < 4.78 is 21.3. The number of amides is 1. The summed E-state index contributed by atoms with van der Waals surface area (Å²) in [4.78, 5) is 68.4. The average Bonchev–Trinajstić information content (AvgIpc) is 3.54. The van der Waals surface area contributed by atoms with Gasteiger partial charge in [-0.15, -0.1) is 0 Å². The second-order valence-corrected chi connectivity index (χ2v) is 14.4. The first-order valence-electron chi connectivity index (χ1n) is 18.1. The smallest absolute Gasteiger partial charge is 0.303 e. The molecule has 1 aliphatic heterocycles. The summed E-state index contributed by atoms with van der Waals surface area (Å²) >= 11 is 1.17. The first kappa shape index (κ1) is 41.9. The van der Waals surface area contributed by atoms with E-state index in [9.17, 15) is 19.2 Å². The quantitative estimate of drug-likeness (QED) is 0.0687. The molecule has 0 radical (unpaired) electrons. The van der Waals surface area contributed by atoms with Crippen LogP contribution < -0.4 is 5.32 Å². The lowest BCUT2D eigenvalue weighted by Gasteiger charge is -2.41. The summed E-state index contributed by atoms with van der Waals surface area (Å²) in [5.41, 5.74) is 2.58. The number of esters is 4. The van der Waals surface area contributed by atoms with Crippen molar-refractivity contribution in [3.63, 3.8) is 0 Å². The van der Waals surface area contributed by atoms with E-state index in [2.05, 4.69) is 10.4 Å². The SMILES string of the molecule is CC(=O)OC[C@@H](OC(C)=O)[C@H](OC(C)=O)[C@@H](OC(C)=O)[C@H]1C(N=Nc2ccccc2)=C(N(C)Cc2ccccc2)S[C@@]1(C(=O)Nc1ccccc1)c1ccccc1. The fourth-order valence-corrected chi connectivity index (χ4v) is 8.12. The van der Waals surface area contributed by atoms with Crippen molar-refractivity contribution in [1.82, 2.24) is 4.90 Å². The number of hydrogen-bond acceptors (Lipinski definition) is 13. The molecule has 1 N–H and O–H groups in total. The molecule has 5 atom stereocenters. The topological polar surface area (TPSA) is 162 Å². The first-order chi connectivity index (χ1) is 27.4. The van der Waals surface area contributed by atoms with Crippen molar-refractivity contribution in [1.29, 1.82) is 0 Å². The number of nitrogens with zero attached hydrogens (tertiary/aromatic N) is 3. The van der Waals surface area contributed by atoms with Crippen LogP contribution in [0.3, 0.4) is 0 Å². The van der Waals surface area contributed by atoms with Crippen molar-refractivity contribution in [2.75, 3.05) is 19.0 Å². The molecule has 0 saturated carbocycles. The lowest BCUT2D eigenvalue weighted by Crippen LogP contribution is -2.56. The molecule has 4 aromatic carbocycles. The molecule has 57 heavy (non-hydrogen) atoms. The van der Waals surface area contributed by atoms with Crippen LogP contribution in [0.25, 0.3) is 0 Å². The fraction of sp³-hybridized carbons (Fsp3) is 0.279. The highest BCUT2D eigenvalue weighted by Gasteiger charge is 2.63. The Bertz CT molecular complexity index is 2080. The molecule has 5 rings (SSSR count). The number of azo groups is 1. The van der Waals surface area contributed by atoms with E-state index in [4.69, 9.17) is 24.1 Å². The molecule has 296 valence electrons. The molecule has 1 aliphatic rings. The van der Waals surface area contributed by atoms with Crippen LogP contribution in [0.15, 0.2) is 142 Å². The van der Waals surface area contributed by atoms with Crippen LogP contribution in [0.5, 0.6) is 0 Å². The molecule has 4 aromatic rings. The Morgan fingerprint density at radius 2 is 1.25 bits per heavy atom. The number of para-hydroxylation sites is 1. The molecule has 0 saturated heterocycles. The summed E-state index contributed by atoms with van der Waals surface area (Å²) in [7, 11) is 1.84. The van der Waals surface area contributed by atoms with Crippen molar-refractivity contribution >= 4 is 52.9 Å². The minimum atomic E-state index is -1.75. The van der Waals surface area contributed by atoms with Crippen molar-refractivity contribution in [3.8, 4) is 0 Å². The van der Waals surface area contributed by atoms with E-state index in [1.807, 2.05) is 54.4 Å². The van der Waals surface area contributed by atoms with Gasteiger partial charge in [-0.2, -0.15) is 10.2 Å². The van der Waals surface area contributed by atoms with Gasteiger partial charge >= 0.3 is 23.9 Å². The molecule has 0 unspecified atom stereocenters. The van der Waals surface area contributed by atoms with E-state index in [0.717, 1.165) is 26.3 Å². The van der Waals surface area contributed by atoms with Gasteiger partial charge in [0.25, 0.3) is 0 Å². The van der Waals surface area contributed by atoms with Crippen LogP contribution >= 0.6 is 11.8 Å². The van der Waals surface area contributed by atoms with Crippen molar-refractivity contribution in [2.45, 2.75) is 57.3 Å². The van der Waals surface area contributed by atoms with E-state index < -0.39 is 65.4 Å². The Balaban J connectivity index is 1.87. The third-order valence-electron chi connectivity index (χ3n) is 8.81. The number of nitrogens with one attached hydrogen (secondary N) is 1. The summed E-state index contributed by atoms with van der Waals surface area (Å²) in [6, 6.07) is 36.3. The predicted molar refractivity (Wildman–Crippen MR) is 213 cm³/mol. The molecule has 1 heterocycles. The first-order valence-corrected chi connectivity index (χ1v) is 18.9. The highest BCUT2D eigenvalue weighted by Crippen LogP contribution is 2.60. The number of benzene rings is 4. The van der Waals surface area contributed by atoms with Gasteiger partial charge in [0.1, 0.15) is 17.1 Å². The van der Waals surface area contributed by atoms with Gasteiger partial charge in [-0.25, -0.2) is 0 Å². The minimum Gasteiger partial charge on any atom is -0.462 e. The Kier molecular flexibility index (Phi) is 14.4. The summed E-state index contributed by atoms with van der Waals surface area (Å²) in [5.74, 6) is -5.01. The molecule has 1 amide bonds. The third kappa shape index (κ3) is 10.7. The van der Waals surface area contributed by atoms with Gasteiger partial charge in [0.15, 0.2) is 18.3 Å². The molecule has 14 heteroatoms.